The smallest absolute Gasteiger partial charge is 0.348 e. The highest BCUT2D eigenvalue weighted by molar-refractivity contribution is 5.98. The van der Waals surface area contributed by atoms with Gasteiger partial charge in [-0.1, -0.05) is 24.3 Å². The molecule has 1 aromatic heterocycles. The van der Waals surface area contributed by atoms with Crippen molar-refractivity contribution in [3.63, 3.8) is 0 Å². The minimum Gasteiger partial charge on any atom is -0.507 e. The Morgan fingerprint density at radius 3 is 2.55 bits per heavy atom. The van der Waals surface area contributed by atoms with Gasteiger partial charge in [-0.3, -0.25) is 4.79 Å². The molecule has 0 aliphatic heterocycles. The Hall–Kier alpha value is -4.47. The molecular weight excluding hydrogens is 434 g/mol. The molecule has 1 amide bonds. The standard InChI is InChI=1S/C23H18F2N4O4/c1-28(12-13-5-4-6-14(24)9-13)22(32)16-10-15(19(30)11-20(16)31)21-26-27-23(33)29(21)18-8-3-2-7-17(18)25/h2-11,30-31H,12H2,1H3,(H,27,33). The van der Waals surface area contributed by atoms with Crippen molar-refractivity contribution in [2.45, 2.75) is 6.54 Å². The SMILES string of the molecule is CN(Cc1cccc(F)c1)C(=O)c1cc(-c2n[nH]c(=O)n2-c2ccccc2F)c(O)cc1O. The number of phenols is 2. The van der Waals surface area contributed by atoms with Gasteiger partial charge in [-0.15, -0.1) is 0 Å². The third-order valence-electron chi connectivity index (χ3n) is 5.01. The van der Waals surface area contributed by atoms with Crippen molar-refractivity contribution in [1.29, 1.82) is 0 Å². The van der Waals surface area contributed by atoms with Crippen molar-refractivity contribution in [3.8, 4) is 28.6 Å². The van der Waals surface area contributed by atoms with Gasteiger partial charge in [0, 0.05) is 19.7 Å². The van der Waals surface area contributed by atoms with Crippen molar-refractivity contribution in [2.75, 3.05) is 7.05 Å². The fraction of sp³-hybridized carbons (Fsp3) is 0.0870. The molecule has 4 aromatic rings. The van der Waals surface area contributed by atoms with Crippen LogP contribution >= 0.6 is 0 Å². The van der Waals surface area contributed by atoms with Crippen molar-refractivity contribution in [3.05, 3.63) is 93.9 Å². The van der Waals surface area contributed by atoms with E-state index in [1.807, 2.05) is 0 Å². The second kappa shape index (κ2) is 8.58. The number of benzene rings is 3. The van der Waals surface area contributed by atoms with E-state index < -0.39 is 34.7 Å². The van der Waals surface area contributed by atoms with E-state index in [1.54, 1.807) is 6.07 Å². The molecule has 0 saturated heterocycles. The number of rotatable bonds is 5. The number of aromatic nitrogens is 3. The summed E-state index contributed by atoms with van der Waals surface area (Å²) in [5.41, 5.74) is -0.632. The van der Waals surface area contributed by atoms with Crippen LogP contribution in [0.1, 0.15) is 15.9 Å². The molecule has 3 N–H and O–H groups in total. The Kier molecular flexibility index (Phi) is 5.65. The highest BCUT2D eigenvalue weighted by Crippen LogP contribution is 2.35. The Balaban J connectivity index is 1.76. The van der Waals surface area contributed by atoms with Gasteiger partial charge in [-0.25, -0.2) is 23.2 Å². The third-order valence-corrected chi connectivity index (χ3v) is 5.01. The Morgan fingerprint density at radius 2 is 1.82 bits per heavy atom. The van der Waals surface area contributed by atoms with E-state index in [2.05, 4.69) is 10.2 Å². The number of hydrogen-bond acceptors (Lipinski definition) is 5. The number of aromatic hydroxyl groups is 2. The van der Waals surface area contributed by atoms with Crippen LogP contribution in [0.4, 0.5) is 8.78 Å². The molecule has 0 saturated carbocycles. The van der Waals surface area contributed by atoms with Crippen molar-refractivity contribution in [2.24, 2.45) is 0 Å². The number of nitrogens with zero attached hydrogens (tertiary/aromatic N) is 3. The third kappa shape index (κ3) is 4.18. The molecule has 0 aliphatic rings. The molecule has 8 nitrogen and oxygen atoms in total. The van der Waals surface area contributed by atoms with Crippen LogP contribution in [0.5, 0.6) is 11.5 Å². The molecular formula is C23H18F2N4O4. The molecule has 0 unspecified atom stereocenters. The lowest BCUT2D eigenvalue weighted by molar-refractivity contribution is 0.0782. The lowest BCUT2D eigenvalue weighted by atomic mass is 10.1. The van der Waals surface area contributed by atoms with E-state index in [9.17, 15) is 28.6 Å². The second-order valence-electron chi connectivity index (χ2n) is 7.32. The predicted molar refractivity (Wildman–Crippen MR) is 115 cm³/mol. The summed E-state index contributed by atoms with van der Waals surface area (Å²) in [5, 5.41) is 26.8. The zero-order chi connectivity index (χ0) is 23.7. The molecule has 168 valence electrons. The maximum absolute atomic E-state index is 14.4. The fourth-order valence-corrected chi connectivity index (χ4v) is 3.45. The van der Waals surface area contributed by atoms with Gasteiger partial charge in [0.1, 0.15) is 23.1 Å². The van der Waals surface area contributed by atoms with Gasteiger partial charge >= 0.3 is 5.69 Å². The summed E-state index contributed by atoms with van der Waals surface area (Å²) >= 11 is 0. The number of carbonyl (C=O) groups excluding carboxylic acids is 1. The highest BCUT2D eigenvalue weighted by atomic mass is 19.1. The molecule has 10 heteroatoms. The molecule has 33 heavy (non-hydrogen) atoms. The largest absolute Gasteiger partial charge is 0.507 e. The first kappa shape index (κ1) is 21.8. The number of amides is 1. The summed E-state index contributed by atoms with van der Waals surface area (Å²) in [6.45, 7) is 0.0502. The minimum atomic E-state index is -0.765. The Labute approximate surface area is 186 Å². The minimum absolute atomic E-state index is 0.0502. The van der Waals surface area contributed by atoms with Crippen LogP contribution in [0.3, 0.4) is 0 Å². The van der Waals surface area contributed by atoms with Crippen LogP contribution in [0, 0.1) is 11.6 Å². The number of H-pyrrole nitrogens is 1. The number of nitrogens with one attached hydrogen (secondary N) is 1. The van der Waals surface area contributed by atoms with Crippen molar-refractivity contribution < 1.29 is 23.8 Å². The number of para-hydroxylation sites is 1. The van der Waals surface area contributed by atoms with Crippen LogP contribution < -0.4 is 5.69 Å². The first-order valence-electron chi connectivity index (χ1n) is 9.75. The predicted octanol–water partition coefficient (Wildman–Crippen LogP) is 3.19. The van der Waals surface area contributed by atoms with E-state index in [1.165, 1.54) is 48.3 Å². The van der Waals surface area contributed by atoms with E-state index in [-0.39, 0.29) is 29.2 Å². The van der Waals surface area contributed by atoms with Crippen molar-refractivity contribution in [1.82, 2.24) is 19.7 Å². The molecule has 0 bridgehead atoms. The van der Waals surface area contributed by atoms with E-state index in [4.69, 9.17) is 0 Å². The fourth-order valence-electron chi connectivity index (χ4n) is 3.45. The van der Waals surface area contributed by atoms with Gasteiger partial charge in [-0.2, -0.15) is 5.10 Å². The summed E-state index contributed by atoms with van der Waals surface area (Å²) in [6, 6.07) is 13.3. The zero-order valence-electron chi connectivity index (χ0n) is 17.3. The maximum atomic E-state index is 14.4. The molecule has 3 aromatic carbocycles. The molecule has 0 spiro atoms. The van der Waals surface area contributed by atoms with Crippen LogP contribution in [0.15, 0.2) is 65.5 Å². The van der Waals surface area contributed by atoms with Crippen molar-refractivity contribution >= 4 is 5.91 Å². The number of aromatic amines is 1. The second-order valence-corrected chi connectivity index (χ2v) is 7.32. The monoisotopic (exact) mass is 452 g/mol. The van der Waals surface area contributed by atoms with Crippen LogP contribution in [0.2, 0.25) is 0 Å². The molecule has 0 aliphatic carbocycles. The average molecular weight is 452 g/mol. The number of phenolic OH excluding ortho intramolecular Hbond substituents is 2. The highest BCUT2D eigenvalue weighted by Gasteiger charge is 2.23. The van der Waals surface area contributed by atoms with Gasteiger partial charge in [0.25, 0.3) is 5.91 Å². The number of carbonyl (C=O) groups is 1. The van der Waals surface area contributed by atoms with Crippen LogP contribution in [-0.4, -0.2) is 42.8 Å². The Bertz CT molecular complexity index is 1410. The molecule has 0 fully saturated rings. The summed E-state index contributed by atoms with van der Waals surface area (Å²) in [7, 11) is 1.46. The van der Waals surface area contributed by atoms with Crippen LogP contribution in [-0.2, 0) is 6.54 Å². The quantitative estimate of drug-likeness (QED) is 0.431. The van der Waals surface area contributed by atoms with Gasteiger partial charge < -0.3 is 15.1 Å². The maximum Gasteiger partial charge on any atom is 0.348 e. The lowest BCUT2D eigenvalue weighted by Crippen LogP contribution is -2.26. The summed E-state index contributed by atoms with van der Waals surface area (Å²) in [5.74, 6) is -2.94. The van der Waals surface area contributed by atoms with E-state index >= 15 is 0 Å². The first-order chi connectivity index (χ1) is 15.8. The molecule has 0 radical (unpaired) electrons. The average Bonchev–Trinajstić information content (AvgIpc) is 3.14. The molecule has 0 atom stereocenters. The van der Waals surface area contributed by atoms with E-state index in [0.717, 1.165) is 22.8 Å². The lowest BCUT2D eigenvalue weighted by Gasteiger charge is -2.19. The Morgan fingerprint density at radius 1 is 1.06 bits per heavy atom. The summed E-state index contributed by atoms with van der Waals surface area (Å²) in [6.07, 6.45) is 0. The van der Waals surface area contributed by atoms with Gasteiger partial charge in [-0.05, 0) is 35.9 Å². The number of hydrogen-bond donors (Lipinski definition) is 3. The van der Waals surface area contributed by atoms with Gasteiger partial charge in [0.2, 0.25) is 0 Å². The topological polar surface area (TPSA) is 111 Å². The number of halogens is 2. The normalized spacial score (nSPS) is 10.9. The van der Waals surface area contributed by atoms with E-state index in [0.29, 0.717) is 5.56 Å². The van der Waals surface area contributed by atoms with Crippen LogP contribution in [0.25, 0.3) is 17.1 Å². The van der Waals surface area contributed by atoms with Gasteiger partial charge in [0.05, 0.1) is 16.8 Å². The molecule has 1 heterocycles. The van der Waals surface area contributed by atoms with Gasteiger partial charge in [0.15, 0.2) is 5.82 Å². The first-order valence-corrected chi connectivity index (χ1v) is 9.75. The summed E-state index contributed by atoms with van der Waals surface area (Å²) in [4.78, 5) is 26.6. The molecule has 4 rings (SSSR count). The zero-order valence-corrected chi connectivity index (χ0v) is 17.3. The summed E-state index contributed by atoms with van der Waals surface area (Å²) < 4.78 is 28.7.